The topological polar surface area (TPSA) is 43.4 Å². The van der Waals surface area contributed by atoms with E-state index in [-0.39, 0.29) is 5.75 Å². The van der Waals surface area contributed by atoms with Gasteiger partial charge >= 0.3 is 15.6 Å². The van der Waals surface area contributed by atoms with Gasteiger partial charge in [0.05, 0.1) is 0 Å². The van der Waals surface area contributed by atoms with E-state index >= 15 is 0 Å². The first-order valence-electron chi connectivity index (χ1n) is 7.36. The van der Waals surface area contributed by atoms with Crippen molar-refractivity contribution in [2.75, 3.05) is 0 Å². The lowest BCUT2D eigenvalue weighted by atomic mass is 10.1. The first-order chi connectivity index (χ1) is 10.3. The van der Waals surface area contributed by atoms with Gasteiger partial charge in [-0.15, -0.1) is 0 Å². The average molecular weight is 338 g/mol. The molecular formula is C15H21F3O3S. The monoisotopic (exact) mass is 338 g/mol. The van der Waals surface area contributed by atoms with E-state index in [1.807, 2.05) is 0 Å². The van der Waals surface area contributed by atoms with Gasteiger partial charge in [-0.05, 0) is 30.5 Å². The number of alkyl halides is 3. The minimum absolute atomic E-state index is 0.330. The van der Waals surface area contributed by atoms with Crippen molar-refractivity contribution >= 4 is 10.1 Å². The molecule has 0 aliphatic heterocycles. The summed E-state index contributed by atoms with van der Waals surface area (Å²) in [7, 11) is -5.59. The molecular weight excluding hydrogens is 317 g/mol. The molecule has 0 unspecified atom stereocenters. The maximum atomic E-state index is 12.2. The van der Waals surface area contributed by atoms with Gasteiger partial charge in [0, 0.05) is 0 Å². The first-order valence-corrected chi connectivity index (χ1v) is 8.77. The molecule has 0 radical (unpaired) electrons. The molecule has 1 aromatic carbocycles. The van der Waals surface area contributed by atoms with Crippen LogP contribution in [0.5, 0.6) is 5.75 Å². The summed E-state index contributed by atoms with van der Waals surface area (Å²) in [6.07, 6.45) is 7.77. The third kappa shape index (κ3) is 6.25. The Bertz CT molecular complexity index is 536. The molecule has 7 heteroatoms. The second kappa shape index (κ2) is 8.41. The van der Waals surface area contributed by atoms with Crippen molar-refractivity contribution in [3.05, 3.63) is 29.8 Å². The number of halogens is 3. The second-order valence-electron chi connectivity index (χ2n) is 5.14. The Labute approximate surface area is 129 Å². The standard InChI is InChI=1S/C15H21F3O3S/c1-2-3-4-5-6-7-8-13-9-11-14(12-10-13)21-22(19,20)15(16,17)18/h9-12H,2-8H2,1H3. The minimum Gasteiger partial charge on any atom is -0.376 e. The highest BCUT2D eigenvalue weighted by molar-refractivity contribution is 7.87. The maximum Gasteiger partial charge on any atom is 0.534 e. The molecule has 0 heterocycles. The van der Waals surface area contributed by atoms with Gasteiger partial charge < -0.3 is 4.18 Å². The molecule has 0 saturated heterocycles. The van der Waals surface area contributed by atoms with E-state index in [1.54, 1.807) is 12.1 Å². The van der Waals surface area contributed by atoms with Crippen LogP contribution < -0.4 is 4.18 Å². The van der Waals surface area contributed by atoms with Crippen LogP contribution in [0.2, 0.25) is 0 Å². The van der Waals surface area contributed by atoms with Crippen LogP contribution in [0.25, 0.3) is 0 Å². The molecule has 0 aliphatic carbocycles. The summed E-state index contributed by atoms with van der Waals surface area (Å²) >= 11 is 0. The largest absolute Gasteiger partial charge is 0.534 e. The van der Waals surface area contributed by atoms with E-state index in [0.29, 0.717) is 0 Å². The zero-order valence-electron chi connectivity index (χ0n) is 12.5. The highest BCUT2D eigenvalue weighted by Gasteiger charge is 2.48. The van der Waals surface area contributed by atoms with Crippen molar-refractivity contribution in [3.63, 3.8) is 0 Å². The van der Waals surface area contributed by atoms with Crippen LogP contribution in [-0.4, -0.2) is 13.9 Å². The summed E-state index contributed by atoms with van der Waals surface area (Å²) in [5.41, 5.74) is -4.46. The van der Waals surface area contributed by atoms with Crippen LogP contribution in [0, 0.1) is 0 Å². The normalized spacial score (nSPS) is 12.4. The van der Waals surface area contributed by atoms with E-state index < -0.39 is 15.6 Å². The summed E-state index contributed by atoms with van der Waals surface area (Å²) in [6.45, 7) is 2.16. The van der Waals surface area contributed by atoms with Gasteiger partial charge in [-0.1, -0.05) is 51.2 Å². The molecule has 0 fully saturated rings. The highest BCUT2D eigenvalue weighted by Crippen LogP contribution is 2.27. The molecule has 22 heavy (non-hydrogen) atoms. The number of rotatable bonds is 9. The third-order valence-electron chi connectivity index (χ3n) is 3.23. The molecule has 0 spiro atoms. The molecule has 0 amide bonds. The van der Waals surface area contributed by atoms with Gasteiger partial charge in [-0.3, -0.25) is 0 Å². The van der Waals surface area contributed by atoms with Gasteiger partial charge in [0.15, 0.2) is 0 Å². The zero-order valence-corrected chi connectivity index (χ0v) is 13.3. The summed E-state index contributed by atoms with van der Waals surface area (Å²) in [4.78, 5) is 0. The Morgan fingerprint density at radius 1 is 0.955 bits per heavy atom. The fraction of sp³-hybridized carbons (Fsp3) is 0.600. The van der Waals surface area contributed by atoms with E-state index in [0.717, 1.165) is 24.8 Å². The molecule has 0 N–H and O–H groups in total. The summed E-state index contributed by atoms with van der Waals surface area (Å²) in [6, 6.07) is 5.67. The lowest BCUT2D eigenvalue weighted by Gasteiger charge is -2.09. The number of unbranched alkanes of at least 4 members (excludes halogenated alkanes) is 5. The van der Waals surface area contributed by atoms with Crippen molar-refractivity contribution < 1.29 is 25.8 Å². The third-order valence-corrected chi connectivity index (χ3v) is 4.21. The van der Waals surface area contributed by atoms with Gasteiger partial charge in [-0.2, -0.15) is 21.6 Å². The summed E-state index contributed by atoms with van der Waals surface area (Å²) in [5.74, 6) is -0.330. The van der Waals surface area contributed by atoms with Crippen LogP contribution in [0.1, 0.15) is 51.0 Å². The van der Waals surface area contributed by atoms with Crippen molar-refractivity contribution in [2.45, 2.75) is 57.4 Å². The smallest absolute Gasteiger partial charge is 0.376 e. The van der Waals surface area contributed by atoms with E-state index in [2.05, 4.69) is 11.1 Å². The molecule has 1 rings (SSSR count). The van der Waals surface area contributed by atoms with Gasteiger partial charge in [0.25, 0.3) is 0 Å². The number of benzene rings is 1. The molecule has 0 bridgehead atoms. The number of aryl methyl sites for hydroxylation is 1. The molecule has 126 valence electrons. The predicted molar refractivity (Wildman–Crippen MR) is 79.1 cm³/mol. The Kier molecular flexibility index (Phi) is 7.19. The Balaban J connectivity index is 2.44. The van der Waals surface area contributed by atoms with Crippen molar-refractivity contribution in [2.24, 2.45) is 0 Å². The number of hydrogen-bond acceptors (Lipinski definition) is 3. The lowest BCUT2D eigenvalue weighted by Crippen LogP contribution is -2.28. The molecule has 0 atom stereocenters. The van der Waals surface area contributed by atoms with Crippen LogP contribution >= 0.6 is 0 Å². The van der Waals surface area contributed by atoms with Crippen LogP contribution in [0.3, 0.4) is 0 Å². The summed E-state index contributed by atoms with van der Waals surface area (Å²) < 4.78 is 62.3. The first kappa shape index (κ1) is 18.8. The zero-order chi connectivity index (χ0) is 16.6. The quantitative estimate of drug-likeness (QED) is 0.368. The van der Waals surface area contributed by atoms with Gasteiger partial charge in [0.1, 0.15) is 5.75 Å². The number of hydrogen-bond donors (Lipinski definition) is 0. The van der Waals surface area contributed by atoms with E-state index in [1.165, 1.54) is 37.8 Å². The molecule has 1 aromatic rings. The molecule has 0 aliphatic rings. The van der Waals surface area contributed by atoms with Crippen molar-refractivity contribution in [3.8, 4) is 5.75 Å². The van der Waals surface area contributed by atoms with Crippen LogP contribution in [0.15, 0.2) is 24.3 Å². The fourth-order valence-electron chi connectivity index (χ4n) is 2.00. The Hall–Kier alpha value is -1.24. The van der Waals surface area contributed by atoms with E-state index in [4.69, 9.17) is 0 Å². The van der Waals surface area contributed by atoms with Crippen LogP contribution in [0.4, 0.5) is 13.2 Å². The Morgan fingerprint density at radius 3 is 2.05 bits per heavy atom. The van der Waals surface area contributed by atoms with Crippen molar-refractivity contribution in [1.82, 2.24) is 0 Å². The fourth-order valence-corrected chi connectivity index (χ4v) is 2.45. The SMILES string of the molecule is CCCCCCCCc1ccc(OS(=O)(=O)C(F)(F)F)cc1. The molecule has 0 saturated carbocycles. The lowest BCUT2D eigenvalue weighted by molar-refractivity contribution is -0.0500. The predicted octanol–water partition coefficient (Wildman–Crippen LogP) is 4.82. The highest BCUT2D eigenvalue weighted by atomic mass is 32.2. The van der Waals surface area contributed by atoms with Crippen LogP contribution in [-0.2, 0) is 16.5 Å². The maximum absolute atomic E-state index is 12.2. The molecule has 3 nitrogen and oxygen atoms in total. The average Bonchev–Trinajstić information content (AvgIpc) is 2.43. The summed E-state index contributed by atoms with van der Waals surface area (Å²) in [5, 5.41) is 0. The van der Waals surface area contributed by atoms with E-state index in [9.17, 15) is 21.6 Å². The molecule has 0 aromatic heterocycles. The second-order valence-corrected chi connectivity index (χ2v) is 6.68. The van der Waals surface area contributed by atoms with Crippen molar-refractivity contribution in [1.29, 1.82) is 0 Å². The van der Waals surface area contributed by atoms with Gasteiger partial charge in [-0.25, -0.2) is 0 Å². The Morgan fingerprint density at radius 2 is 1.50 bits per heavy atom. The van der Waals surface area contributed by atoms with Gasteiger partial charge in [0.2, 0.25) is 0 Å². The minimum atomic E-state index is -5.59.